The van der Waals surface area contributed by atoms with Crippen molar-refractivity contribution in [2.75, 3.05) is 20.6 Å². The van der Waals surface area contributed by atoms with Crippen LogP contribution in [0.1, 0.15) is 39.5 Å². The largest absolute Gasteiger partial charge is 0.303 e. The summed E-state index contributed by atoms with van der Waals surface area (Å²) in [6.45, 7) is 4.53. The van der Waals surface area contributed by atoms with Crippen LogP contribution in [0.2, 0.25) is 0 Å². The average molecular weight is 248 g/mol. The minimum absolute atomic E-state index is 0.147. The lowest BCUT2D eigenvalue weighted by Gasteiger charge is -2.33. The fourth-order valence-corrected chi connectivity index (χ4v) is 3.50. The number of rotatable bonds is 5. The van der Waals surface area contributed by atoms with E-state index in [9.17, 15) is 8.42 Å². The van der Waals surface area contributed by atoms with Gasteiger partial charge in [0.25, 0.3) is 0 Å². The summed E-state index contributed by atoms with van der Waals surface area (Å²) in [5.41, 5.74) is -0.147. The van der Waals surface area contributed by atoms with Gasteiger partial charge in [-0.15, -0.1) is 0 Å². The molecule has 1 aliphatic carbocycles. The van der Waals surface area contributed by atoms with Gasteiger partial charge in [0.2, 0.25) is 10.0 Å². The summed E-state index contributed by atoms with van der Waals surface area (Å²) < 4.78 is 26.7. The summed E-state index contributed by atoms with van der Waals surface area (Å²) in [5.74, 6) is 0. The molecular weight excluding hydrogens is 224 g/mol. The van der Waals surface area contributed by atoms with Gasteiger partial charge < -0.3 is 4.90 Å². The fraction of sp³-hybridized carbons (Fsp3) is 1.00. The maximum absolute atomic E-state index is 12.0. The lowest BCUT2D eigenvalue weighted by Crippen LogP contribution is -2.49. The van der Waals surface area contributed by atoms with Gasteiger partial charge in [0.15, 0.2) is 0 Å². The first-order valence-corrected chi connectivity index (χ1v) is 7.46. The van der Waals surface area contributed by atoms with E-state index < -0.39 is 10.0 Å². The van der Waals surface area contributed by atoms with Gasteiger partial charge in [0.1, 0.15) is 0 Å². The van der Waals surface area contributed by atoms with Crippen LogP contribution in [-0.2, 0) is 10.0 Å². The molecule has 0 atom stereocenters. The number of hydrogen-bond acceptors (Lipinski definition) is 3. The van der Waals surface area contributed by atoms with Crippen molar-refractivity contribution in [2.24, 2.45) is 0 Å². The molecule has 1 rings (SSSR count). The highest BCUT2D eigenvalue weighted by Gasteiger charge is 2.30. The van der Waals surface area contributed by atoms with Gasteiger partial charge in [-0.25, -0.2) is 13.1 Å². The Labute approximate surface area is 99.5 Å². The van der Waals surface area contributed by atoms with Gasteiger partial charge in [-0.05, 0) is 40.8 Å². The summed E-state index contributed by atoms with van der Waals surface area (Å²) in [4.78, 5) is 2.03. The topological polar surface area (TPSA) is 49.4 Å². The highest BCUT2D eigenvalue weighted by atomic mass is 32.2. The summed E-state index contributed by atoms with van der Waals surface area (Å²) in [7, 11) is 0.821. The van der Waals surface area contributed by atoms with Crippen molar-refractivity contribution < 1.29 is 8.42 Å². The van der Waals surface area contributed by atoms with Gasteiger partial charge in [-0.1, -0.05) is 12.8 Å². The van der Waals surface area contributed by atoms with E-state index in [1.165, 1.54) is 0 Å². The van der Waals surface area contributed by atoms with Crippen LogP contribution in [0, 0.1) is 0 Å². The zero-order valence-electron chi connectivity index (χ0n) is 10.8. The van der Waals surface area contributed by atoms with Crippen LogP contribution in [0.25, 0.3) is 0 Å². The Hall–Kier alpha value is -0.130. The third kappa shape index (κ3) is 3.43. The molecule has 0 radical (unpaired) electrons. The third-order valence-electron chi connectivity index (χ3n) is 3.66. The number of nitrogens with one attached hydrogen (secondary N) is 1. The molecule has 0 aromatic rings. The van der Waals surface area contributed by atoms with E-state index in [0.717, 1.165) is 25.7 Å². The first-order valence-electron chi connectivity index (χ1n) is 5.91. The van der Waals surface area contributed by atoms with Crippen molar-refractivity contribution in [3.63, 3.8) is 0 Å². The SMILES string of the molecule is CN(C)C(C)(C)CNS(=O)(=O)C1CCCC1. The molecule has 5 heteroatoms. The van der Waals surface area contributed by atoms with E-state index >= 15 is 0 Å². The van der Waals surface area contributed by atoms with E-state index in [2.05, 4.69) is 4.72 Å². The van der Waals surface area contributed by atoms with Crippen LogP contribution in [0.4, 0.5) is 0 Å². The molecule has 4 nitrogen and oxygen atoms in total. The summed E-state index contributed by atoms with van der Waals surface area (Å²) in [6, 6.07) is 0. The van der Waals surface area contributed by atoms with Crippen molar-refractivity contribution in [1.82, 2.24) is 9.62 Å². The second kappa shape index (κ2) is 5.02. The highest BCUT2D eigenvalue weighted by molar-refractivity contribution is 7.90. The molecule has 0 aliphatic heterocycles. The minimum atomic E-state index is -3.10. The van der Waals surface area contributed by atoms with E-state index in [1.807, 2.05) is 32.8 Å². The van der Waals surface area contributed by atoms with E-state index in [-0.39, 0.29) is 10.8 Å². The molecule has 0 amide bonds. The van der Waals surface area contributed by atoms with Crippen molar-refractivity contribution in [3.05, 3.63) is 0 Å². The van der Waals surface area contributed by atoms with Crippen LogP contribution < -0.4 is 4.72 Å². The van der Waals surface area contributed by atoms with Crippen LogP contribution in [-0.4, -0.2) is 44.7 Å². The molecule has 0 bridgehead atoms. The molecule has 16 heavy (non-hydrogen) atoms. The lowest BCUT2D eigenvalue weighted by molar-refractivity contribution is 0.198. The zero-order chi connectivity index (χ0) is 12.4. The molecule has 0 aromatic heterocycles. The fourth-order valence-electron chi connectivity index (χ4n) is 1.75. The molecule has 0 unspecified atom stereocenters. The second-order valence-electron chi connectivity index (χ2n) is 5.48. The van der Waals surface area contributed by atoms with Gasteiger partial charge in [0.05, 0.1) is 5.25 Å². The van der Waals surface area contributed by atoms with Crippen molar-refractivity contribution in [3.8, 4) is 0 Å². The molecule has 0 saturated heterocycles. The maximum atomic E-state index is 12.0. The Balaban J connectivity index is 2.54. The Morgan fingerprint density at radius 3 is 2.19 bits per heavy atom. The molecule has 1 N–H and O–H groups in total. The van der Waals surface area contributed by atoms with Crippen molar-refractivity contribution in [2.45, 2.75) is 50.3 Å². The van der Waals surface area contributed by atoms with Crippen LogP contribution >= 0.6 is 0 Å². The monoisotopic (exact) mass is 248 g/mol. The molecule has 1 saturated carbocycles. The van der Waals surface area contributed by atoms with Crippen molar-refractivity contribution >= 4 is 10.0 Å². The summed E-state index contributed by atoms with van der Waals surface area (Å²) in [6.07, 6.45) is 3.72. The van der Waals surface area contributed by atoms with Gasteiger partial charge in [-0.3, -0.25) is 0 Å². The van der Waals surface area contributed by atoms with Crippen LogP contribution in [0.3, 0.4) is 0 Å². The Bertz CT molecular complexity index is 317. The lowest BCUT2D eigenvalue weighted by atomic mass is 10.1. The number of nitrogens with zero attached hydrogens (tertiary/aromatic N) is 1. The molecule has 1 aliphatic rings. The van der Waals surface area contributed by atoms with Crippen molar-refractivity contribution in [1.29, 1.82) is 0 Å². The first kappa shape index (κ1) is 13.9. The minimum Gasteiger partial charge on any atom is -0.303 e. The molecule has 96 valence electrons. The molecule has 0 aromatic carbocycles. The predicted octanol–water partition coefficient (Wildman–Crippen LogP) is 1.19. The predicted molar refractivity (Wildman–Crippen MR) is 66.9 cm³/mol. The highest BCUT2D eigenvalue weighted by Crippen LogP contribution is 2.24. The molecule has 0 spiro atoms. The first-order chi connectivity index (χ1) is 7.26. The average Bonchev–Trinajstić information content (AvgIpc) is 2.68. The summed E-state index contributed by atoms with van der Waals surface area (Å²) in [5, 5.41) is -0.162. The van der Waals surface area contributed by atoms with Crippen LogP contribution in [0.15, 0.2) is 0 Å². The molecule has 1 fully saturated rings. The molecule has 0 heterocycles. The molecular formula is C11H24N2O2S. The quantitative estimate of drug-likeness (QED) is 0.795. The Kier molecular flexibility index (Phi) is 4.37. The van der Waals surface area contributed by atoms with E-state index in [4.69, 9.17) is 0 Å². The number of hydrogen-bond donors (Lipinski definition) is 1. The Morgan fingerprint density at radius 1 is 1.25 bits per heavy atom. The second-order valence-corrected chi connectivity index (χ2v) is 7.52. The smallest absolute Gasteiger partial charge is 0.214 e. The third-order valence-corrected chi connectivity index (χ3v) is 5.55. The maximum Gasteiger partial charge on any atom is 0.214 e. The normalized spacial score (nSPS) is 19.6. The van der Waals surface area contributed by atoms with Gasteiger partial charge in [0, 0.05) is 12.1 Å². The summed E-state index contributed by atoms with van der Waals surface area (Å²) >= 11 is 0. The van der Waals surface area contributed by atoms with Crippen LogP contribution in [0.5, 0.6) is 0 Å². The van der Waals surface area contributed by atoms with Gasteiger partial charge in [-0.2, -0.15) is 0 Å². The van der Waals surface area contributed by atoms with E-state index in [1.54, 1.807) is 0 Å². The van der Waals surface area contributed by atoms with E-state index in [0.29, 0.717) is 6.54 Å². The number of likely N-dealkylation sites (N-methyl/N-ethyl adjacent to an activating group) is 1. The Morgan fingerprint density at radius 2 is 1.75 bits per heavy atom. The van der Waals surface area contributed by atoms with Gasteiger partial charge >= 0.3 is 0 Å². The zero-order valence-corrected chi connectivity index (χ0v) is 11.6. The standard InChI is InChI=1S/C11H24N2O2S/c1-11(2,13(3)4)9-12-16(14,15)10-7-5-6-8-10/h10,12H,5-9H2,1-4H3. The number of sulfonamides is 1.